The van der Waals surface area contributed by atoms with Crippen LogP contribution in [0.15, 0.2) is 54.6 Å². The third-order valence-corrected chi connectivity index (χ3v) is 9.75. The second-order valence-electron chi connectivity index (χ2n) is 6.24. The van der Waals surface area contributed by atoms with Crippen molar-refractivity contribution in [3.8, 4) is 5.69 Å². The highest BCUT2D eigenvalue weighted by Crippen LogP contribution is 2.27. The Labute approximate surface area is 145 Å². The summed E-state index contributed by atoms with van der Waals surface area (Å²) in [6, 6.07) is 22.2. The van der Waals surface area contributed by atoms with Crippen LogP contribution in [0.1, 0.15) is 26.5 Å². The number of rotatable bonds is 7. The Morgan fingerprint density at radius 3 is 2.17 bits per heavy atom. The summed E-state index contributed by atoms with van der Waals surface area (Å²) in [6.07, 6.45) is 0. The lowest BCUT2D eigenvalue weighted by molar-refractivity contribution is 0.280. The first-order valence-electron chi connectivity index (χ1n) is 8.89. The van der Waals surface area contributed by atoms with E-state index >= 15 is 0 Å². The molecule has 0 fully saturated rings. The molecule has 0 spiro atoms. The number of hydrogen-bond donors (Lipinski definition) is 0. The molecule has 3 rings (SSSR count). The third-order valence-electron chi connectivity index (χ3n) is 5.13. The van der Waals surface area contributed by atoms with Crippen LogP contribution in [0.2, 0.25) is 18.1 Å². The van der Waals surface area contributed by atoms with Gasteiger partial charge in [0.05, 0.1) is 23.5 Å². The maximum atomic E-state index is 6.57. The normalized spacial score (nSPS) is 12.0. The molecule has 0 aliphatic heterocycles. The summed E-state index contributed by atoms with van der Waals surface area (Å²) >= 11 is 0. The van der Waals surface area contributed by atoms with Crippen LogP contribution in [0.3, 0.4) is 0 Å². The van der Waals surface area contributed by atoms with Crippen LogP contribution in [0.5, 0.6) is 0 Å². The topological polar surface area (TPSA) is 27.1 Å². The van der Waals surface area contributed by atoms with E-state index in [4.69, 9.17) is 9.52 Å². The van der Waals surface area contributed by atoms with Crippen LogP contribution >= 0.6 is 0 Å². The van der Waals surface area contributed by atoms with E-state index in [0.717, 1.165) is 35.0 Å². The van der Waals surface area contributed by atoms with E-state index in [0.29, 0.717) is 6.61 Å². The van der Waals surface area contributed by atoms with E-state index < -0.39 is 8.32 Å². The quantitative estimate of drug-likeness (QED) is 0.528. The second kappa shape index (κ2) is 7.32. The Morgan fingerprint density at radius 2 is 1.50 bits per heavy atom. The number of benzene rings is 2. The van der Waals surface area contributed by atoms with Crippen LogP contribution in [0.4, 0.5) is 0 Å². The van der Waals surface area contributed by atoms with Crippen molar-refractivity contribution in [1.29, 1.82) is 0 Å². The number of fused-ring (bicyclic) bond motifs is 1. The molecule has 2 aromatic carbocycles. The highest BCUT2D eigenvalue weighted by Gasteiger charge is 2.29. The van der Waals surface area contributed by atoms with Crippen LogP contribution in [-0.2, 0) is 11.0 Å². The van der Waals surface area contributed by atoms with Crippen molar-refractivity contribution in [1.82, 2.24) is 9.78 Å². The monoisotopic (exact) mass is 338 g/mol. The number of para-hydroxylation sites is 1. The molecule has 0 bridgehead atoms. The maximum absolute atomic E-state index is 6.57. The van der Waals surface area contributed by atoms with E-state index in [2.05, 4.69) is 63.2 Å². The highest BCUT2D eigenvalue weighted by atomic mass is 28.4. The van der Waals surface area contributed by atoms with Gasteiger partial charge in [0.15, 0.2) is 8.32 Å². The Kier molecular flexibility index (Phi) is 5.16. The highest BCUT2D eigenvalue weighted by molar-refractivity contribution is 6.73. The van der Waals surface area contributed by atoms with Crippen LogP contribution in [0.25, 0.3) is 16.6 Å². The molecule has 3 aromatic rings. The van der Waals surface area contributed by atoms with Gasteiger partial charge in [0.2, 0.25) is 0 Å². The minimum atomic E-state index is -1.63. The smallest absolute Gasteiger partial charge is 0.192 e. The molecule has 24 heavy (non-hydrogen) atoms. The van der Waals surface area contributed by atoms with Gasteiger partial charge < -0.3 is 4.43 Å². The first-order chi connectivity index (χ1) is 11.7. The van der Waals surface area contributed by atoms with Crippen molar-refractivity contribution in [2.45, 2.75) is 45.5 Å². The van der Waals surface area contributed by atoms with E-state index in [9.17, 15) is 0 Å². The molecule has 126 valence electrons. The zero-order valence-corrected chi connectivity index (χ0v) is 15.8. The molecule has 1 aromatic heterocycles. The maximum Gasteiger partial charge on any atom is 0.192 e. The molecule has 0 aliphatic carbocycles. The van der Waals surface area contributed by atoms with Crippen LogP contribution in [0, 0.1) is 0 Å². The van der Waals surface area contributed by atoms with E-state index in [1.807, 2.05) is 16.8 Å². The van der Waals surface area contributed by atoms with Gasteiger partial charge in [0, 0.05) is 5.39 Å². The predicted molar refractivity (Wildman–Crippen MR) is 103 cm³/mol. The number of aromatic nitrogens is 2. The van der Waals surface area contributed by atoms with Gasteiger partial charge in [-0.15, -0.1) is 0 Å². The third kappa shape index (κ3) is 3.16. The number of hydrogen-bond acceptors (Lipinski definition) is 2. The fraction of sp³-hybridized carbons (Fsp3) is 0.350. The van der Waals surface area contributed by atoms with Gasteiger partial charge >= 0.3 is 0 Å². The second-order valence-corrected chi connectivity index (χ2v) is 11.0. The van der Waals surface area contributed by atoms with E-state index in [-0.39, 0.29) is 0 Å². The lowest BCUT2D eigenvalue weighted by Crippen LogP contribution is -2.35. The summed E-state index contributed by atoms with van der Waals surface area (Å²) in [5, 5.41) is 6.00. The largest absolute Gasteiger partial charge is 0.411 e. The fourth-order valence-electron chi connectivity index (χ4n) is 3.29. The summed E-state index contributed by atoms with van der Waals surface area (Å²) in [4.78, 5) is 0. The zero-order chi connectivity index (χ0) is 17.0. The summed E-state index contributed by atoms with van der Waals surface area (Å²) < 4.78 is 8.62. The average Bonchev–Trinajstić information content (AvgIpc) is 3.03. The Bertz CT molecular complexity index is 785. The minimum absolute atomic E-state index is 0.636. The van der Waals surface area contributed by atoms with Crippen molar-refractivity contribution in [2.24, 2.45) is 0 Å². The van der Waals surface area contributed by atoms with Gasteiger partial charge in [-0.25, -0.2) is 4.68 Å². The van der Waals surface area contributed by atoms with Crippen molar-refractivity contribution in [2.75, 3.05) is 0 Å². The van der Waals surface area contributed by atoms with Gasteiger partial charge in [-0.2, -0.15) is 5.10 Å². The Balaban J connectivity index is 2.02. The Hall–Kier alpha value is -1.91. The summed E-state index contributed by atoms with van der Waals surface area (Å²) in [5.41, 5.74) is 3.27. The standard InChI is InChI=1S/C20H26N2OSi/c1-4-24(5-2,6-3)23-16-20-18-14-10-11-15-19(18)21-22(20)17-12-8-7-9-13-17/h7-15H,4-6,16H2,1-3H3. The SMILES string of the molecule is CC[Si](CC)(CC)OCc1c2ccccc2nn1-c1ccccc1. The van der Waals surface area contributed by atoms with Gasteiger partial charge in [-0.1, -0.05) is 57.2 Å². The van der Waals surface area contributed by atoms with Gasteiger partial charge in [0.1, 0.15) is 0 Å². The van der Waals surface area contributed by atoms with E-state index in [1.54, 1.807) is 0 Å². The van der Waals surface area contributed by atoms with Crippen molar-refractivity contribution < 1.29 is 4.43 Å². The molecule has 0 saturated heterocycles. The van der Waals surface area contributed by atoms with Gasteiger partial charge in [0.25, 0.3) is 0 Å². The van der Waals surface area contributed by atoms with Crippen LogP contribution < -0.4 is 0 Å². The minimum Gasteiger partial charge on any atom is -0.411 e. The molecule has 0 amide bonds. The molecule has 1 heterocycles. The molecule has 0 atom stereocenters. The molecular weight excluding hydrogens is 312 g/mol. The molecule has 0 radical (unpaired) electrons. The lowest BCUT2D eigenvalue weighted by Gasteiger charge is -2.28. The molecular formula is C20H26N2OSi. The summed E-state index contributed by atoms with van der Waals surface area (Å²) in [6.45, 7) is 7.45. The number of nitrogens with zero attached hydrogens (tertiary/aromatic N) is 2. The molecule has 0 saturated carbocycles. The molecule has 0 aliphatic rings. The van der Waals surface area contributed by atoms with Gasteiger partial charge in [-0.3, -0.25) is 0 Å². The average molecular weight is 339 g/mol. The lowest BCUT2D eigenvalue weighted by atomic mass is 10.2. The van der Waals surface area contributed by atoms with Crippen molar-refractivity contribution >= 4 is 19.2 Å². The summed E-state index contributed by atoms with van der Waals surface area (Å²) in [7, 11) is -1.63. The Morgan fingerprint density at radius 1 is 0.875 bits per heavy atom. The molecule has 4 heteroatoms. The molecule has 0 N–H and O–H groups in total. The van der Waals surface area contributed by atoms with E-state index in [1.165, 1.54) is 5.39 Å². The van der Waals surface area contributed by atoms with Gasteiger partial charge in [-0.05, 0) is 36.3 Å². The first kappa shape index (κ1) is 16.9. The van der Waals surface area contributed by atoms with Crippen molar-refractivity contribution in [3.63, 3.8) is 0 Å². The summed E-state index contributed by atoms with van der Waals surface area (Å²) in [5.74, 6) is 0. The first-order valence-corrected chi connectivity index (χ1v) is 11.4. The molecule has 0 unspecified atom stereocenters. The fourth-order valence-corrected chi connectivity index (χ4v) is 5.84. The van der Waals surface area contributed by atoms with Crippen molar-refractivity contribution in [3.05, 3.63) is 60.3 Å². The predicted octanol–water partition coefficient (Wildman–Crippen LogP) is 5.55. The van der Waals surface area contributed by atoms with Crippen LogP contribution in [-0.4, -0.2) is 18.1 Å². The zero-order valence-electron chi connectivity index (χ0n) is 14.8. The molecule has 3 nitrogen and oxygen atoms in total.